The molecule has 142 valence electrons. The third kappa shape index (κ3) is 4.33. The quantitative estimate of drug-likeness (QED) is 0.691. The molecule has 1 aliphatic heterocycles. The number of aromatic nitrogens is 5. The number of H-pyrrole nitrogens is 1. The average Bonchev–Trinajstić information content (AvgIpc) is 3.23. The van der Waals surface area contributed by atoms with Gasteiger partial charge in [0, 0.05) is 35.4 Å². The second kappa shape index (κ2) is 7.74. The van der Waals surface area contributed by atoms with Crippen LogP contribution in [0.1, 0.15) is 53.2 Å². The Morgan fingerprint density at radius 3 is 2.78 bits per heavy atom. The maximum absolute atomic E-state index is 4.82. The highest BCUT2D eigenvalue weighted by Crippen LogP contribution is 2.31. The lowest BCUT2D eigenvalue weighted by Crippen LogP contribution is -2.34. The fourth-order valence-corrected chi connectivity index (χ4v) is 4.18. The van der Waals surface area contributed by atoms with Crippen LogP contribution in [0.15, 0.2) is 17.5 Å². The van der Waals surface area contributed by atoms with Crippen LogP contribution in [0.3, 0.4) is 0 Å². The minimum absolute atomic E-state index is 0.224. The molecule has 1 aliphatic rings. The van der Waals surface area contributed by atoms with Crippen molar-refractivity contribution in [2.45, 2.75) is 52.6 Å². The molecule has 0 spiro atoms. The first kappa shape index (κ1) is 18.1. The van der Waals surface area contributed by atoms with Crippen molar-refractivity contribution in [3.63, 3.8) is 0 Å². The Morgan fingerprint density at radius 1 is 1.15 bits per heavy atom. The second-order valence-corrected chi connectivity index (χ2v) is 8.22. The SMILES string of the molecule is Cc1cc(Nc2cc(C)[nH]n2)nc(C2CCCCN2Cc2csc(C)n2)n1. The van der Waals surface area contributed by atoms with E-state index in [1.807, 2.05) is 26.0 Å². The van der Waals surface area contributed by atoms with Crippen LogP contribution < -0.4 is 5.32 Å². The zero-order chi connectivity index (χ0) is 18.8. The number of thiazole rings is 1. The summed E-state index contributed by atoms with van der Waals surface area (Å²) in [6, 6.07) is 4.15. The molecule has 4 heterocycles. The molecule has 0 radical (unpaired) electrons. The van der Waals surface area contributed by atoms with Crippen LogP contribution >= 0.6 is 11.3 Å². The van der Waals surface area contributed by atoms with Gasteiger partial charge in [-0.25, -0.2) is 15.0 Å². The number of aryl methyl sites for hydroxylation is 3. The van der Waals surface area contributed by atoms with E-state index in [0.29, 0.717) is 0 Å². The van der Waals surface area contributed by atoms with Crippen molar-refractivity contribution >= 4 is 23.0 Å². The summed E-state index contributed by atoms with van der Waals surface area (Å²) < 4.78 is 0. The molecule has 1 unspecified atom stereocenters. The molecule has 1 atom stereocenters. The summed E-state index contributed by atoms with van der Waals surface area (Å²) >= 11 is 1.71. The fourth-order valence-electron chi connectivity index (χ4n) is 3.58. The van der Waals surface area contributed by atoms with E-state index in [9.17, 15) is 0 Å². The zero-order valence-corrected chi connectivity index (χ0v) is 16.8. The Bertz CT molecular complexity index is 916. The Morgan fingerprint density at radius 2 is 2.04 bits per heavy atom. The Kier molecular flexibility index (Phi) is 5.18. The van der Waals surface area contributed by atoms with Gasteiger partial charge in [-0.2, -0.15) is 5.10 Å². The predicted molar refractivity (Wildman–Crippen MR) is 107 cm³/mol. The van der Waals surface area contributed by atoms with Crippen LogP contribution in [0, 0.1) is 20.8 Å². The summed E-state index contributed by atoms with van der Waals surface area (Å²) in [5.74, 6) is 2.45. The van der Waals surface area contributed by atoms with Gasteiger partial charge in [-0.15, -0.1) is 11.3 Å². The number of piperidine rings is 1. The van der Waals surface area contributed by atoms with Gasteiger partial charge in [-0.3, -0.25) is 10.00 Å². The second-order valence-electron chi connectivity index (χ2n) is 7.15. The molecule has 4 rings (SSSR count). The summed E-state index contributed by atoms with van der Waals surface area (Å²) in [7, 11) is 0. The highest BCUT2D eigenvalue weighted by Gasteiger charge is 2.27. The standard InChI is InChI=1S/C19H25N7S/c1-12-8-17(22-18-9-13(2)24-25-18)23-19(20-12)16-6-4-5-7-26(16)10-15-11-27-14(3)21-15/h8-9,11,16H,4-7,10H2,1-3H3,(H2,20,22,23,24,25). The summed E-state index contributed by atoms with van der Waals surface area (Å²) in [5.41, 5.74) is 3.12. The predicted octanol–water partition coefficient (Wildman–Crippen LogP) is 4.05. The number of anilines is 2. The van der Waals surface area contributed by atoms with E-state index in [2.05, 4.69) is 37.7 Å². The number of likely N-dealkylation sites (tertiary alicyclic amines) is 1. The van der Waals surface area contributed by atoms with Crippen molar-refractivity contribution in [1.29, 1.82) is 0 Å². The number of hydrogen-bond acceptors (Lipinski definition) is 7. The van der Waals surface area contributed by atoms with E-state index < -0.39 is 0 Å². The minimum Gasteiger partial charge on any atom is -0.323 e. The lowest BCUT2D eigenvalue weighted by molar-refractivity contribution is 0.132. The van der Waals surface area contributed by atoms with Crippen molar-refractivity contribution in [2.75, 3.05) is 11.9 Å². The molecule has 7 nitrogen and oxygen atoms in total. The van der Waals surface area contributed by atoms with E-state index in [4.69, 9.17) is 9.97 Å². The van der Waals surface area contributed by atoms with Crippen molar-refractivity contribution in [3.05, 3.63) is 45.4 Å². The largest absolute Gasteiger partial charge is 0.323 e. The molecule has 3 aromatic heterocycles. The van der Waals surface area contributed by atoms with Crippen molar-refractivity contribution in [1.82, 2.24) is 30.0 Å². The van der Waals surface area contributed by atoms with Crippen LogP contribution in [0.5, 0.6) is 0 Å². The molecule has 0 bridgehead atoms. The zero-order valence-electron chi connectivity index (χ0n) is 16.0. The molecule has 2 N–H and O–H groups in total. The molecular formula is C19H25N7S. The van der Waals surface area contributed by atoms with Crippen LogP contribution in [-0.2, 0) is 6.54 Å². The lowest BCUT2D eigenvalue weighted by Gasteiger charge is -2.34. The molecule has 3 aromatic rings. The first-order valence-corrected chi connectivity index (χ1v) is 10.2. The highest BCUT2D eigenvalue weighted by molar-refractivity contribution is 7.09. The van der Waals surface area contributed by atoms with Gasteiger partial charge < -0.3 is 5.32 Å². The first-order chi connectivity index (χ1) is 13.1. The monoisotopic (exact) mass is 383 g/mol. The van der Waals surface area contributed by atoms with Gasteiger partial charge in [0.15, 0.2) is 5.82 Å². The maximum atomic E-state index is 4.82. The Labute approximate surface area is 163 Å². The van der Waals surface area contributed by atoms with E-state index in [-0.39, 0.29) is 6.04 Å². The average molecular weight is 384 g/mol. The number of nitrogens with zero attached hydrogens (tertiary/aromatic N) is 5. The molecule has 0 aromatic carbocycles. The normalized spacial score (nSPS) is 18.0. The number of aromatic amines is 1. The van der Waals surface area contributed by atoms with Crippen LogP contribution in [0.25, 0.3) is 0 Å². The molecule has 1 fully saturated rings. The smallest absolute Gasteiger partial charge is 0.153 e. The van der Waals surface area contributed by atoms with Gasteiger partial charge in [0.2, 0.25) is 0 Å². The lowest BCUT2D eigenvalue weighted by atomic mass is 10.0. The van der Waals surface area contributed by atoms with Gasteiger partial charge in [0.25, 0.3) is 0 Å². The van der Waals surface area contributed by atoms with Crippen LogP contribution in [-0.4, -0.2) is 36.6 Å². The van der Waals surface area contributed by atoms with Crippen LogP contribution in [0.4, 0.5) is 11.6 Å². The Hall–Kier alpha value is -2.32. The van der Waals surface area contributed by atoms with E-state index in [1.54, 1.807) is 11.3 Å². The highest BCUT2D eigenvalue weighted by atomic mass is 32.1. The summed E-state index contributed by atoms with van der Waals surface area (Å²) in [5, 5.41) is 13.8. The number of nitrogens with one attached hydrogen (secondary N) is 2. The third-order valence-corrected chi connectivity index (χ3v) is 5.60. The van der Waals surface area contributed by atoms with Gasteiger partial charge in [-0.05, 0) is 40.2 Å². The van der Waals surface area contributed by atoms with Gasteiger partial charge >= 0.3 is 0 Å². The number of hydrogen-bond donors (Lipinski definition) is 2. The van der Waals surface area contributed by atoms with Gasteiger partial charge in [-0.1, -0.05) is 6.42 Å². The van der Waals surface area contributed by atoms with Gasteiger partial charge in [0.1, 0.15) is 11.6 Å². The minimum atomic E-state index is 0.224. The summed E-state index contributed by atoms with van der Waals surface area (Å²) in [6.07, 6.45) is 3.49. The van der Waals surface area contributed by atoms with Crippen molar-refractivity contribution in [2.24, 2.45) is 0 Å². The molecule has 27 heavy (non-hydrogen) atoms. The van der Waals surface area contributed by atoms with E-state index in [1.165, 1.54) is 12.8 Å². The van der Waals surface area contributed by atoms with E-state index in [0.717, 1.165) is 59.1 Å². The molecular weight excluding hydrogens is 358 g/mol. The van der Waals surface area contributed by atoms with Crippen LogP contribution in [0.2, 0.25) is 0 Å². The van der Waals surface area contributed by atoms with Crippen molar-refractivity contribution in [3.8, 4) is 0 Å². The van der Waals surface area contributed by atoms with E-state index >= 15 is 0 Å². The summed E-state index contributed by atoms with van der Waals surface area (Å²) in [6.45, 7) is 7.96. The number of rotatable bonds is 5. The summed E-state index contributed by atoms with van der Waals surface area (Å²) in [4.78, 5) is 16.7. The third-order valence-electron chi connectivity index (χ3n) is 4.78. The van der Waals surface area contributed by atoms with Gasteiger partial charge in [0.05, 0.1) is 16.7 Å². The first-order valence-electron chi connectivity index (χ1n) is 9.36. The topological polar surface area (TPSA) is 82.6 Å². The molecule has 0 amide bonds. The fraction of sp³-hybridized carbons (Fsp3) is 0.474. The molecule has 1 saturated heterocycles. The van der Waals surface area contributed by atoms with Crippen molar-refractivity contribution < 1.29 is 0 Å². The molecule has 8 heteroatoms. The maximum Gasteiger partial charge on any atom is 0.153 e. The molecule has 0 saturated carbocycles. The molecule has 0 aliphatic carbocycles. The Balaban J connectivity index is 1.57.